The van der Waals surface area contributed by atoms with Crippen LogP contribution in [0.3, 0.4) is 0 Å². The largest absolute Gasteiger partial charge is 0.457 e. The van der Waals surface area contributed by atoms with Crippen molar-refractivity contribution in [3.05, 3.63) is 475 Å². The van der Waals surface area contributed by atoms with Gasteiger partial charge in [0.05, 0.1) is 67.1 Å². The summed E-state index contributed by atoms with van der Waals surface area (Å²) in [6.45, 7) is 0. The Labute approximate surface area is 720 Å². The Morgan fingerprint density at radius 3 is 1.03 bits per heavy atom. The van der Waals surface area contributed by atoms with Crippen LogP contribution in [0.1, 0.15) is 44.5 Å². The second-order valence-corrected chi connectivity index (χ2v) is 32.6. The van der Waals surface area contributed by atoms with Gasteiger partial charge in [0.1, 0.15) is 28.8 Å². The van der Waals surface area contributed by atoms with Gasteiger partial charge in [0, 0.05) is 78.6 Å². The summed E-state index contributed by atoms with van der Waals surface area (Å²) in [6.07, 6.45) is 3.60. The zero-order valence-electron chi connectivity index (χ0n) is 67.4. The van der Waals surface area contributed by atoms with Gasteiger partial charge in [0.25, 0.3) is 0 Å². The molecule has 9 heteroatoms. The minimum atomic E-state index is -0.568. The van der Waals surface area contributed by atoms with Crippen LogP contribution in [-0.2, 0) is 10.8 Å². The maximum absolute atomic E-state index is 6.65. The van der Waals surface area contributed by atoms with E-state index in [-0.39, 0.29) is 0 Å². The first-order valence-electron chi connectivity index (χ1n) is 42.4. The molecule has 2 aliphatic carbocycles. The molecule has 9 nitrogen and oxygen atoms in total. The van der Waals surface area contributed by atoms with Gasteiger partial charge in [0.2, 0.25) is 0 Å². The SMILES string of the molecule is c1ccc(-c2nc3cc(-c4ccc(-c5cc(-c6ccccn6)nc(-c6ccccn6)c5)cc4)ccc3c3cc4c(cc23)-c2ccccc2C42c3ccccc3Oc3ccccc32)cc1.c1ccc(-c2nc3cc(-c4ccc(-c5nc6ccccc6n5-c5ccccc5)cc4)ccc3c3cc4c(cc23)-c2ccccc2C42c3ccccc3Oc3ccccc32)cc1. The highest BCUT2D eigenvalue weighted by Crippen LogP contribution is 2.65. The predicted octanol–water partition coefficient (Wildman–Crippen LogP) is 28.6. The van der Waals surface area contributed by atoms with Gasteiger partial charge in [-0.3, -0.25) is 14.5 Å². The van der Waals surface area contributed by atoms with Gasteiger partial charge >= 0.3 is 0 Å². The fourth-order valence-electron chi connectivity index (χ4n) is 20.4. The Morgan fingerprint density at radius 2 is 0.584 bits per heavy atom. The van der Waals surface area contributed by atoms with E-state index >= 15 is 0 Å². The van der Waals surface area contributed by atoms with E-state index in [1.165, 1.54) is 55.3 Å². The van der Waals surface area contributed by atoms with Gasteiger partial charge < -0.3 is 9.47 Å². The lowest BCUT2D eigenvalue weighted by molar-refractivity contribution is 0.436. The number of fused-ring (bicyclic) bond motifs is 25. The third-order valence-corrected chi connectivity index (χ3v) is 25.9. The van der Waals surface area contributed by atoms with Gasteiger partial charge in [-0.1, -0.05) is 297 Å². The second-order valence-electron chi connectivity index (χ2n) is 32.6. The number of para-hydroxylation sites is 7. The molecule has 0 radical (unpaired) electrons. The first-order chi connectivity index (χ1) is 61.9. The molecule has 0 bridgehead atoms. The summed E-state index contributed by atoms with van der Waals surface area (Å²) in [7, 11) is 0. The van der Waals surface area contributed by atoms with E-state index in [1.54, 1.807) is 12.4 Å². The van der Waals surface area contributed by atoms with Crippen LogP contribution in [0, 0.1) is 0 Å². The smallest absolute Gasteiger partial charge is 0.145 e. The number of hydrogen-bond acceptors (Lipinski definition) is 8. The van der Waals surface area contributed by atoms with E-state index in [0.29, 0.717) is 0 Å². The van der Waals surface area contributed by atoms with Crippen molar-refractivity contribution in [2.75, 3.05) is 0 Å². The molecular weight excluding hydrogens is 1520 g/mol. The van der Waals surface area contributed by atoms with E-state index in [9.17, 15) is 0 Å². The maximum atomic E-state index is 6.65. The van der Waals surface area contributed by atoms with Crippen molar-refractivity contribution in [3.8, 4) is 141 Å². The number of pyridine rings is 5. The number of ether oxygens (including phenoxy) is 2. The molecule has 0 unspecified atom stereocenters. The lowest BCUT2D eigenvalue weighted by Gasteiger charge is -2.39. The number of hydrogen-bond donors (Lipinski definition) is 0. The molecule has 0 saturated carbocycles. The molecule has 0 amide bonds. The highest BCUT2D eigenvalue weighted by Gasteiger charge is 2.53. The lowest BCUT2D eigenvalue weighted by atomic mass is 9.66. The molecule has 26 rings (SSSR count). The van der Waals surface area contributed by atoms with E-state index < -0.39 is 10.8 Å². The van der Waals surface area contributed by atoms with E-state index in [4.69, 9.17) is 29.4 Å². The summed E-state index contributed by atoms with van der Waals surface area (Å²) in [5.41, 5.74) is 33.5. The van der Waals surface area contributed by atoms with Crippen molar-refractivity contribution in [1.29, 1.82) is 0 Å². The molecular formula is C116H71N7O2. The molecule has 0 N–H and O–H groups in total. The Bertz CT molecular complexity index is 7990. The molecule has 6 aromatic heterocycles. The minimum absolute atomic E-state index is 0.559. The topological polar surface area (TPSA) is 101 Å². The Morgan fingerprint density at radius 1 is 0.208 bits per heavy atom. The van der Waals surface area contributed by atoms with Crippen LogP contribution in [0.15, 0.2) is 431 Å². The quantitative estimate of drug-likeness (QED) is 0.132. The average molecular weight is 1590 g/mol. The van der Waals surface area contributed by atoms with Crippen LogP contribution in [-0.4, -0.2) is 34.5 Å². The minimum Gasteiger partial charge on any atom is -0.457 e. The van der Waals surface area contributed by atoms with Crippen molar-refractivity contribution in [1.82, 2.24) is 34.5 Å². The van der Waals surface area contributed by atoms with Gasteiger partial charge in [-0.05, 0) is 210 Å². The third kappa shape index (κ3) is 11.2. The van der Waals surface area contributed by atoms with Crippen molar-refractivity contribution < 1.29 is 9.47 Å². The third-order valence-electron chi connectivity index (χ3n) is 25.9. The summed E-state index contributed by atoms with van der Waals surface area (Å²) in [5.74, 6) is 4.47. The Balaban J connectivity index is 0.000000137. The van der Waals surface area contributed by atoms with Crippen LogP contribution in [0.5, 0.6) is 23.0 Å². The van der Waals surface area contributed by atoms with Crippen LogP contribution in [0.2, 0.25) is 0 Å². The van der Waals surface area contributed by atoms with Gasteiger partial charge in [0.15, 0.2) is 0 Å². The monoisotopic (exact) mass is 1590 g/mol. The van der Waals surface area contributed by atoms with Crippen molar-refractivity contribution >= 4 is 54.4 Å². The molecule has 582 valence electrons. The first kappa shape index (κ1) is 71.3. The normalized spacial score (nSPS) is 13.1. The summed E-state index contributed by atoms with van der Waals surface area (Å²) in [5, 5.41) is 6.84. The molecule has 4 aliphatic rings. The van der Waals surface area contributed by atoms with Crippen LogP contribution in [0.4, 0.5) is 0 Å². The van der Waals surface area contributed by atoms with Gasteiger partial charge in [-0.25, -0.2) is 19.9 Å². The molecule has 2 spiro atoms. The van der Waals surface area contributed by atoms with Crippen molar-refractivity contribution in [2.45, 2.75) is 10.8 Å². The van der Waals surface area contributed by atoms with Crippen molar-refractivity contribution in [3.63, 3.8) is 0 Å². The standard InChI is InChI=1S/C59H36N4O.C57H35N3O/c1-2-14-39(15-3-1)58-46-35-45-42-16-4-5-17-47(42)59(48-18-6-8-22-56(48)64-57-23-9-7-19-49(57)59)50(45)36-44(46)43-29-28-40(32-53(43)63-58)37-24-26-38(27-25-37)41-33-54(51-20-10-12-30-60-51)62-55(34-41)52-21-11-13-31-61-52;1-3-15-37(16-4-1)55-45-34-44-41-19-7-8-20-46(41)57(47-21-9-13-25-53(47)61-54-26-14-10-22-48(54)57)49(44)35-43(45)42-32-31-39(33-51(42)58-55)36-27-29-38(30-28-36)56-59-50-23-11-12-24-52(50)60(56)40-17-5-2-6-18-40/h1-36H;1-35H. The highest BCUT2D eigenvalue weighted by atomic mass is 16.5. The number of rotatable bonds is 9. The Kier molecular flexibility index (Phi) is 16.3. The van der Waals surface area contributed by atoms with E-state index in [0.717, 1.165) is 185 Å². The summed E-state index contributed by atoms with van der Waals surface area (Å²) < 4.78 is 15.5. The predicted molar refractivity (Wildman–Crippen MR) is 505 cm³/mol. The number of aromatic nitrogens is 7. The van der Waals surface area contributed by atoms with Crippen LogP contribution in [0.25, 0.3) is 172 Å². The molecule has 0 atom stereocenters. The fraction of sp³-hybridized carbons (Fsp3) is 0.0172. The molecule has 0 fully saturated rings. The highest BCUT2D eigenvalue weighted by molar-refractivity contribution is 6.16. The van der Waals surface area contributed by atoms with Gasteiger partial charge in [-0.2, -0.15) is 0 Å². The maximum Gasteiger partial charge on any atom is 0.145 e. The van der Waals surface area contributed by atoms with E-state index in [1.807, 2.05) is 48.5 Å². The summed E-state index contributed by atoms with van der Waals surface area (Å²) in [4.78, 5) is 30.4. The molecule has 2 aliphatic heterocycles. The van der Waals surface area contributed by atoms with Gasteiger partial charge in [-0.15, -0.1) is 0 Å². The molecule has 8 heterocycles. The first-order valence-corrected chi connectivity index (χ1v) is 42.4. The number of imidazole rings is 1. The molecule has 0 saturated heterocycles. The zero-order valence-corrected chi connectivity index (χ0v) is 67.4. The molecule has 16 aromatic carbocycles. The Hall–Kier alpha value is -16.6. The van der Waals surface area contributed by atoms with Crippen LogP contribution < -0.4 is 9.47 Å². The summed E-state index contributed by atoms with van der Waals surface area (Å²) >= 11 is 0. The average Bonchev–Trinajstić information content (AvgIpc) is 1.53. The van der Waals surface area contributed by atoms with Crippen molar-refractivity contribution in [2.24, 2.45) is 0 Å². The van der Waals surface area contributed by atoms with E-state index in [2.05, 4.69) is 385 Å². The molecule has 22 aromatic rings. The fourth-order valence-corrected chi connectivity index (χ4v) is 20.4. The number of nitrogens with zero attached hydrogens (tertiary/aromatic N) is 7. The number of benzene rings is 16. The summed E-state index contributed by atoms with van der Waals surface area (Å²) in [6, 6.07) is 149. The van der Waals surface area contributed by atoms with Crippen LogP contribution >= 0.6 is 0 Å². The zero-order chi connectivity index (χ0) is 82.3. The molecule has 125 heavy (non-hydrogen) atoms. The second kappa shape index (κ2) is 28.5. The lowest BCUT2D eigenvalue weighted by Crippen LogP contribution is -2.32.